The summed E-state index contributed by atoms with van der Waals surface area (Å²) in [6.45, 7) is 1.36. The van der Waals surface area contributed by atoms with Gasteiger partial charge in [0.05, 0.1) is 25.4 Å². The minimum Gasteiger partial charge on any atom is -0.374 e. The van der Waals surface area contributed by atoms with Crippen molar-refractivity contribution >= 4 is 5.78 Å². The van der Waals surface area contributed by atoms with Gasteiger partial charge in [-0.05, 0) is 62.5 Å². The van der Waals surface area contributed by atoms with Crippen LogP contribution in [0.1, 0.15) is 62.5 Å². The lowest BCUT2D eigenvalue weighted by Crippen LogP contribution is -2.33. The monoisotopic (exact) mass is 406 g/mol. The molecule has 3 nitrogen and oxygen atoms in total. The van der Waals surface area contributed by atoms with Crippen LogP contribution in [0.4, 0.5) is 0 Å². The van der Waals surface area contributed by atoms with Crippen LogP contribution in [0.2, 0.25) is 0 Å². The molecule has 0 unspecified atom stereocenters. The van der Waals surface area contributed by atoms with E-state index in [1.54, 1.807) is 0 Å². The Morgan fingerprint density at radius 1 is 0.600 bits per heavy atom. The van der Waals surface area contributed by atoms with Gasteiger partial charge in [-0.1, -0.05) is 60.7 Å². The summed E-state index contributed by atoms with van der Waals surface area (Å²) in [5, 5.41) is 0. The Morgan fingerprint density at radius 2 is 0.967 bits per heavy atom. The van der Waals surface area contributed by atoms with Crippen LogP contribution < -0.4 is 0 Å². The summed E-state index contributed by atoms with van der Waals surface area (Å²) >= 11 is 0. The summed E-state index contributed by atoms with van der Waals surface area (Å²) in [4.78, 5) is 13.0. The topological polar surface area (TPSA) is 35.5 Å². The van der Waals surface area contributed by atoms with Crippen molar-refractivity contribution in [3.05, 3.63) is 71.8 Å². The quantitative estimate of drug-likeness (QED) is 0.531. The number of rotatable bonds is 8. The maximum atomic E-state index is 13.0. The Bertz CT molecular complexity index is 692. The van der Waals surface area contributed by atoms with E-state index in [4.69, 9.17) is 9.47 Å². The van der Waals surface area contributed by atoms with Gasteiger partial charge in [-0.25, -0.2) is 0 Å². The third-order valence-electron chi connectivity index (χ3n) is 6.81. The second-order valence-corrected chi connectivity index (χ2v) is 8.94. The molecule has 0 aromatic heterocycles. The van der Waals surface area contributed by atoms with Crippen LogP contribution in [0.25, 0.3) is 0 Å². The average molecular weight is 407 g/mol. The van der Waals surface area contributed by atoms with Crippen molar-refractivity contribution in [1.82, 2.24) is 0 Å². The summed E-state index contributed by atoms with van der Waals surface area (Å²) in [5.74, 6) is 1.000. The fourth-order valence-electron chi connectivity index (χ4n) is 4.94. The summed E-state index contributed by atoms with van der Waals surface area (Å²) in [6, 6.07) is 20.7. The smallest absolute Gasteiger partial charge is 0.139 e. The highest BCUT2D eigenvalue weighted by atomic mass is 16.5. The predicted octanol–water partition coefficient (Wildman–Crippen LogP) is 6.11. The van der Waals surface area contributed by atoms with E-state index in [9.17, 15) is 4.79 Å². The zero-order valence-corrected chi connectivity index (χ0v) is 17.9. The van der Waals surface area contributed by atoms with E-state index in [1.165, 1.54) is 11.1 Å². The van der Waals surface area contributed by atoms with Crippen LogP contribution in [-0.4, -0.2) is 18.0 Å². The zero-order valence-electron chi connectivity index (χ0n) is 17.9. The molecular weight excluding hydrogens is 372 g/mol. The van der Waals surface area contributed by atoms with E-state index in [0.717, 1.165) is 51.4 Å². The molecule has 0 N–H and O–H groups in total. The van der Waals surface area contributed by atoms with Gasteiger partial charge in [0.25, 0.3) is 0 Å². The molecule has 0 heterocycles. The van der Waals surface area contributed by atoms with E-state index in [-0.39, 0.29) is 11.8 Å². The molecule has 2 saturated carbocycles. The van der Waals surface area contributed by atoms with E-state index in [1.807, 2.05) is 12.1 Å². The van der Waals surface area contributed by atoms with Crippen molar-refractivity contribution in [2.45, 2.75) is 76.8 Å². The fourth-order valence-corrected chi connectivity index (χ4v) is 4.94. The molecule has 2 fully saturated rings. The highest BCUT2D eigenvalue weighted by molar-refractivity contribution is 5.83. The number of Topliss-reactive ketones (excluding diaryl/α,β-unsaturated/α-hetero) is 1. The number of ketones is 1. The number of carbonyl (C=O) groups excluding carboxylic acids is 1. The lowest BCUT2D eigenvalue weighted by atomic mass is 9.75. The van der Waals surface area contributed by atoms with Gasteiger partial charge in [-0.15, -0.1) is 0 Å². The predicted molar refractivity (Wildman–Crippen MR) is 119 cm³/mol. The standard InChI is InChI=1S/C27H34O3/c28-27(23-11-15-25(16-12-23)29-19-21-7-3-1-4-8-21)24-13-17-26(18-14-24)30-20-22-9-5-2-6-10-22/h1-10,23-26H,11-20H2. The number of ether oxygens (including phenoxy) is 2. The summed E-state index contributed by atoms with van der Waals surface area (Å²) in [5.41, 5.74) is 2.45. The minimum atomic E-state index is 0.244. The molecular formula is C27H34O3. The van der Waals surface area contributed by atoms with Crippen molar-refractivity contribution in [3.63, 3.8) is 0 Å². The molecule has 2 aromatic rings. The zero-order chi connectivity index (χ0) is 20.6. The molecule has 0 atom stereocenters. The minimum absolute atomic E-state index is 0.244. The van der Waals surface area contributed by atoms with E-state index < -0.39 is 0 Å². The molecule has 0 amide bonds. The fraction of sp³-hybridized carbons (Fsp3) is 0.519. The highest BCUT2D eigenvalue weighted by Crippen LogP contribution is 2.34. The second-order valence-electron chi connectivity index (χ2n) is 8.94. The Labute approximate surface area is 180 Å². The molecule has 30 heavy (non-hydrogen) atoms. The van der Waals surface area contributed by atoms with Crippen molar-refractivity contribution < 1.29 is 14.3 Å². The maximum Gasteiger partial charge on any atom is 0.139 e. The lowest BCUT2D eigenvalue weighted by Gasteiger charge is -2.33. The molecule has 0 radical (unpaired) electrons. The molecule has 2 aliphatic carbocycles. The second kappa shape index (κ2) is 10.9. The first-order valence-corrected chi connectivity index (χ1v) is 11.6. The first-order chi connectivity index (χ1) is 14.8. The molecule has 0 aliphatic heterocycles. The summed E-state index contributed by atoms with van der Waals surface area (Å²) in [7, 11) is 0. The highest BCUT2D eigenvalue weighted by Gasteiger charge is 2.33. The van der Waals surface area contributed by atoms with Crippen LogP contribution in [0.15, 0.2) is 60.7 Å². The number of hydrogen-bond acceptors (Lipinski definition) is 3. The van der Waals surface area contributed by atoms with Gasteiger partial charge in [-0.2, -0.15) is 0 Å². The van der Waals surface area contributed by atoms with Gasteiger partial charge in [0.1, 0.15) is 5.78 Å². The molecule has 3 heteroatoms. The maximum absolute atomic E-state index is 13.0. The molecule has 160 valence electrons. The Kier molecular flexibility index (Phi) is 7.71. The molecule has 0 spiro atoms. The van der Waals surface area contributed by atoms with Gasteiger partial charge in [0.15, 0.2) is 0 Å². The average Bonchev–Trinajstić information content (AvgIpc) is 2.83. The van der Waals surface area contributed by atoms with Gasteiger partial charge in [-0.3, -0.25) is 4.79 Å². The van der Waals surface area contributed by atoms with Gasteiger partial charge in [0, 0.05) is 11.8 Å². The third kappa shape index (κ3) is 6.02. The number of hydrogen-bond donors (Lipinski definition) is 0. The summed E-state index contributed by atoms with van der Waals surface area (Å²) < 4.78 is 12.2. The lowest BCUT2D eigenvalue weighted by molar-refractivity contribution is -0.131. The molecule has 0 bridgehead atoms. The van der Waals surface area contributed by atoms with Crippen LogP contribution in [0.3, 0.4) is 0 Å². The van der Waals surface area contributed by atoms with Crippen LogP contribution in [-0.2, 0) is 27.5 Å². The van der Waals surface area contributed by atoms with E-state index in [2.05, 4.69) is 48.5 Å². The Balaban J connectivity index is 1.14. The molecule has 2 aliphatic rings. The van der Waals surface area contributed by atoms with Crippen molar-refractivity contribution in [3.8, 4) is 0 Å². The molecule has 2 aromatic carbocycles. The van der Waals surface area contributed by atoms with Crippen LogP contribution in [0, 0.1) is 11.8 Å². The van der Waals surface area contributed by atoms with Gasteiger partial charge in [0.2, 0.25) is 0 Å². The number of carbonyl (C=O) groups is 1. The van der Waals surface area contributed by atoms with Gasteiger partial charge >= 0.3 is 0 Å². The van der Waals surface area contributed by atoms with E-state index >= 15 is 0 Å². The van der Waals surface area contributed by atoms with E-state index in [0.29, 0.717) is 31.2 Å². The first kappa shape index (κ1) is 21.3. The van der Waals surface area contributed by atoms with Crippen LogP contribution in [0.5, 0.6) is 0 Å². The summed E-state index contributed by atoms with van der Waals surface area (Å²) in [6.07, 6.45) is 8.61. The molecule has 4 rings (SSSR count). The van der Waals surface area contributed by atoms with Gasteiger partial charge < -0.3 is 9.47 Å². The largest absolute Gasteiger partial charge is 0.374 e. The Morgan fingerprint density at radius 3 is 1.33 bits per heavy atom. The van der Waals surface area contributed by atoms with Crippen molar-refractivity contribution in [2.24, 2.45) is 11.8 Å². The first-order valence-electron chi connectivity index (χ1n) is 11.6. The third-order valence-corrected chi connectivity index (χ3v) is 6.81. The van der Waals surface area contributed by atoms with Crippen molar-refractivity contribution in [1.29, 1.82) is 0 Å². The SMILES string of the molecule is O=C(C1CCC(OCc2ccccc2)CC1)C1CCC(OCc2ccccc2)CC1. The van der Waals surface area contributed by atoms with Crippen LogP contribution >= 0.6 is 0 Å². The normalized spacial score (nSPS) is 26.9. The van der Waals surface area contributed by atoms with Crippen molar-refractivity contribution in [2.75, 3.05) is 0 Å². The Hall–Kier alpha value is -1.97. The molecule has 0 saturated heterocycles. The number of benzene rings is 2.